The molecule has 0 spiro atoms. The van der Waals surface area contributed by atoms with Crippen LogP contribution in [-0.2, 0) is 15.1 Å². The molecule has 1 atom stereocenters. The SMILES string of the molecule is NC1=NC(CF)(c2ccnc(NC(=O)c3ccc(Cl)cn3)c2)COC1.O=C(O)C(F)(F)F. The number of ether oxygens (including phenoxy) is 1. The van der Waals surface area contributed by atoms with Crippen LogP contribution in [0.4, 0.5) is 23.4 Å². The summed E-state index contributed by atoms with van der Waals surface area (Å²) in [4.78, 5) is 33.3. The summed E-state index contributed by atoms with van der Waals surface area (Å²) in [5.74, 6) is -2.76. The Labute approximate surface area is 183 Å². The van der Waals surface area contributed by atoms with E-state index in [9.17, 15) is 22.4 Å². The molecule has 0 saturated carbocycles. The molecular formula is C18H16ClF4N5O4. The molecule has 14 heteroatoms. The van der Waals surface area contributed by atoms with E-state index in [-0.39, 0.29) is 30.6 Å². The second kappa shape index (κ2) is 10.3. The number of rotatable bonds is 4. The van der Waals surface area contributed by atoms with E-state index in [0.29, 0.717) is 10.6 Å². The number of amidine groups is 1. The molecule has 172 valence electrons. The first kappa shape index (κ1) is 24.9. The molecule has 0 saturated heterocycles. The summed E-state index contributed by atoms with van der Waals surface area (Å²) in [7, 11) is 0. The molecule has 0 fully saturated rings. The minimum absolute atomic E-state index is 0.0559. The number of pyridine rings is 2. The Kier molecular flexibility index (Phi) is 8.05. The molecule has 9 nitrogen and oxygen atoms in total. The van der Waals surface area contributed by atoms with Gasteiger partial charge >= 0.3 is 12.1 Å². The maximum atomic E-state index is 13.7. The number of aliphatic imine (C=N–C) groups is 1. The second-order valence-electron chi connectivity index (χ2n) is 6.31. The summed E-state index contributed by atoms with van der Waals surface area (Å²) in [6, 6.07) is 6.20. The second-order valence-corrected chi connectivity index (χ2v) is 6.75. The van der Waals surface area contributed by atoms with Crippen molar-refractivity contribution in [3.8, 4) is 0 Å². The number of nitrogens with one attached hydrogen (secondary N) is 1. The number of nitrogens with zero attached hydrogens (tertiary/aromatic N) is 3. The smallest absolute Gasteiger partial charge is 0.475 e. The van der Waals surface area contributed by atoms with E-state index in [0.717, 1.165) is 0 Å². The van der Waals surface area contributed by atoms with Gasteiger partial charge in [0, 0.05) is 12.4 Å². The third-order valence-corrected chi connectivity index (χ3v) is 4.13. The molecule has 0 radical (unpaired) electrons. The third kappa shape index (κ3) is 6.59. The number of carbonyl (C=O) groups is 2. The highest BCUT2D eigenvalue weighted by Gasteiger charge is 2.38. The molecule has 1 amide bonds. The summed E-state index contributed by atoms with van der Waals surface area (Å²) < 4.78 is 50.8. The van der Waals surface area contributed by atoms with Gasteiger partial charge in [-0.3, -0.25) is 9.79 Å². The largest absolute Gasteiger partial charge is 0.490 e. The number of nitrogens with two attached hydrogens (primary N) is 1. The van der Waals surface area contributed by atoms with Crippen LogP contribution >= 0.6 is 11.6 Å². The monoisotopic (exact) mass is 477 g/mol. The highest BCUT2D eigenvalue weighted by atomic mass is 35.5. The van der Waals surface area contributed by atoms with Gasteiger partial charge in [0.2, 0.25) is 0 Å². The molecule has 32 heavy (non-hydrogen) atoms. The van der Waals surface area contributed by atoms with Crippen LogP contribution < -0.4 is 11.1 Å². The molecule has 2 aromatic heterocycles. The molecule has 4 N–H and O–H groups in total. The van der Waals surface area contributed by atoms with Gasteiger partial charge in [0.15, 0.2) is 0 Å². The summed E-state index contributed by atoms with van der Waals surface area (Å²) in [6.45, 7) is -0.567. The van der Waals surface area contributed by atoms with Crippen LogP contribution in [0.5, 0.6) is 0 Å². The van der Waals surface area contributed by atoms with Gasteiger partial charge in [0.05, 0.1) is 11.6 Å². The minimum Gasteiger partial charge on any atom is -0.475 e. The number of halogens is 5. The maximum Gasteiger partial charge on any atom is 0.490 e. The van der Waals surface area contributed by atoms with E-state index in [2.05, 4.69) is 20.3 Å². The number of anilines is 1. The number of amides is 1. The molecule has 0 aromatic carbocycles. The van der Waals surface area contributed by atoms with E-state index >= 15 is 0 Å². The average Bonchev–Trinajstić information content (AvgIpc) is 2.74. The zero-order valence-corrected chi connectivity index (χ0v) is 16.8. The molecule has 1 aliphatic heterocycles. The minimum atomic E-state index is -5.08. The number of hydrogen-bond donors (Lipinski definition) is 3. The van der Waals surface area contributed by atoms with Crippen LogP contribution in [-0.4, -0.2) is 58.9 Å². The first-order valence-corrected chi connectivity index (χ1v) is 9.02. The average molecular weight is 478 g/mol. The van der Waals surface area contributed by atoms with E-state index in [1.165, 1.54) is 18.5 Å². The lowest BCUT2D eigenvalue weighted by Crippen LogP contribution is -2.41. The first-order valence-electron chi connectivity index (χ1n) is 8.64. The fourth-order valence-corrected chi connectivity index (χ4v) is 2.55. The third-order valence-electron chi connectivity index (χ3n) is 3.91. The zero-order chi connectivity index (χ0) is 23.9. The van der Waals surface area contributed by atoms with Crippen molar-refractivity contribution >= 4 is 35.1 Å². The Morgan fingerprint density at radius 1 is 1.28 bits per heavy atom. The van der Waals surface area contributed by atoms with Crippen molar-refractivity contribution in [3.05, 3.63) is 52.9 Å². The summed E-state index contributed by atoms with van der Waals surface area (Å²) in [5.41, 5.74) is 5.14. The van der Waals surface area contributed by atoms with Gasteiger partial charge in [0.1, 0.15) is 36.2 Å². The van der Waals surface area contributed by atoms with E-state index < -0.39 is 30.3 Å². The molecule has 1 unspecified atom stereocenters. The van der Waals surface area contributed by atoms with Crippen molar-refractivity contribution in [3.63, 3.8) is 0 Å². The predicted octanol–water partition coefficient (Wildman–Crippen LogP) is 2.57. The fourth-order valence-electron chi connectivity index (χ4n) is 2.44. The molecule has 0 aliphatic carbocycles. The van der Waals surface area contributed by atoms with Crippen LogP contribution in [0.3, 0.4) is 0 Å². The van der Waals surface area contributed by atoms with Crippen molar-refractivity contribution in [2.75, 3.05) is 25.2 Å². The quantitative estimate of drug-likeness (QED) is 0.575. The number of carboxylic acid groups (broad SMARTS) is 1. The normalized spacial score (nSPS) is 18.1. The number of carboxylic acids is 1. The topological polar surface area (TPSA) is 140 Å². The summed E-state index contributed by atoms with van der Waals surface area (Å²) in [6.07, 6.45) is -2.26. The Morgan fingerprint density at radius 2 is 1.97 bits per heavy atom. The molecule has 3 rings (SSSR count). The Bertz CT molecular complexity index is 1000. The number of alkyl halides is 4. The lowest BCUT2D eigenvalue weighted by molar-refractivity contribution is -0.192. The van der Waals surface area contributed by atoms with Crippen molar-refractivity contribution in [2.24, 2.45) is 10.7 Å². The summed E-state index contributed by atoms with van der Waals surface area (Å²) >= 11 is 5.75. The number of aromatic nitrogens is 2. The fraction of sp³-hybridized carbons (Fsp3) is 0.278. The van der Waals surface area contributed by atoms with Gasteiger partial charge < -0.3 is 20.9 Å². The van der Waals surface area contributed by atoms with Gasteiger partial charge in [-0.15, -0.1) is 0 Å². The van der Waals surface area contributed by atoms with Gasteiger partial charge in [-0.2, -0.15) is 13.2 Å². The molecule has 0 bridgehead atoms. The maximum absolute atomic E-state index is 13.7. The molecule has 1 aliphatic rings. The number of aliphatic carboxylic acids is 1. The van der Waals surface area contributed by atoms with E-state index in [1.807, 2.05) is 0 Å². The lowest BCUT2D eigenvalue weighted by Gasteiger charge is -2.31. The van der Waals surface area contributed by atoms with Crippen LogP contribution in [0.2, 0.25) is 5.02 Å². The van der Waals surface area contributed by atoms with Crippen LogP contribution in [0.15, 0.2) is 41.7 Å². The van der Waals surface area contributed by atoms with Crippen molar-refractivity contribution in [1.82, 2.24) is 9.97 Å². The van der Waals surface area contributed by atoms with Gasteiger partial charge in [-0.1, -0.05) is 11.6 Å². The highest BCUT2D eigenvalue weighted by molar-refractivity contribution is 6.30. The lowest BCUT2D eigenvalue weighted by atomic mass is 9.92. The Hall–Kier alpha value is -3.32. The van der Waals surface area contributed by atoms with Crippen LogP contribution in [0.25, 0.3) is 0 Å². The zero-order valence-electron chi connectivity index (χ0n) is 16.1. The van der Waals surface area contributed by atoms with Gasteiger partial charge in [0.25, 0.3) is 5.91 Å². The highest BCUT2D eigenvalue weighted by Crippen LogP contribution is 2.30. The Morgan fingerprint density at radius 3 is 2.50 bits per heavy atom. The van der Waals surface area contributed by atoms with Crippen molar-refractivity contribution < 1.29 is 37.0 Å². The van der Waals surface area contributed by atoms with E-state index in [4.69, 9.17) is 32.0 Å². The predicted molar refractivity (Wildman–Crippen MR) is 105 cm³/mol. The van der Waals surface area contributed by atoms with Crippen molar-refractivity contribution in [1.29, 1.82) is 0 Å². The Balaban J connectivity index is 0.000000451. The molecule has 3 heterocycles. The van der Waals surface area contributed by atoms with E-state index in [1.54, 1.807) is 18.2 Å². The number of hydrogen-bond acceptors (Lipinski definition) is 7. The molecular weight excluding hydrogens is 462 g/mol. The van der Waals surface area contributed by atoms with Crippen LogP contribution in [0.1, 0.15) is 16.1 Å². The van der Waals surface area contributed by atoms with Gasteiger partial charge in [-0.25, -0.2) is 19.2 Å². The first-order chi connectivity index (χ1) is 15.0. The molecule has 2 aromatic rings. The van der Waals surface area contributed by atoms with Gasteiger partial charge in [-0.05, 0) is 29.8 Å². The number of carbonyl (C=O) groups excluding carboxylic acids is 1. The summed E-state index contributed by atoms with van der Waals surface area (Å²) in [5, 5.41) is 10.2. The van der Waals surface area contributed by atoms with Crippen LogP contribution in [0, 0.1) is 0 Å². The van der Waals surface area contributed by atoms with Crippen molar-refractivity contribution in [2.45, 2.75) is 11.7 Å². The standard InChI is InChI=1S/C16H15ClFN5O2.C2HF3O2/c17-11-1-2-12(21-6-11)15(24)22-14-5-10(3-4-20-14)16(8-18)9-25-7-13(19)23-16;3-2(4,5)1(6)7/h1-6H,7-9H2,(H2,19,23)(H,20,22,24);(H,6,7).